The third-order valence-corrected chi connectivity index (χ3v) is 4.32. The molecule has 0 saturated carbocycles. The molecule has 0 radical (unpaired) electrons. The summed E-state index contributed by atoms with van der Waals surface area (Å²) in [7, 11) is 1.96. The van der Waals surface area contributed by atoms with E-state index in [0.29, 0.717) is 11.8 Å². The molecule has 3 rings (SSSR count). The summed E-state index contributed by atoms with van der Waals surface area (Å²) in [6, 6.07) is 0. The molecular weight excluding hydrogens is 285 g/mol. The van der Waals surface area contributed by atoms with Crippen LogP contribution in [0.15, 0.2) is 6.20 Å². The second-order valence-corrected chi connectivity index (χ2v) is 5.91. The third-order valence-electron chi connectivity index (χ3n) is 4.32. The van der Waals surface area contributed by atoms with Crippen molar-refractivity contribution in [1.82, 2.24) is 14.9 Å². The lowest BCUT2D eigenvalue weighted by molar-refractivity contribution is 0.0392. The molecule has 0 unspecified atom stereocenters. The van der Waals surface area contributed by atoms with Gasteiger partial charge in [-0.25, -0.2) is 9.37 Å². The van der Waals surface area contributed by atoms with Crippen molar-refractivity contribution in [2.75, 3.05) is 69.3 Å². The molecule has 0 amide bonds. The van der Waals surface area contributed by atoms with Crippen LogP contribution >= 0.6 is 0 Å². The van der Waals surface area contributed by atoms with E-state index >= 15 is 0 Å². The van der Waals surface area contributed by atoms with Crippen molar-refractivity contribution < 1.29 is 9.13 Å². The molecule has 2 aliphatic heterocycles. The quantitative estimate of drug-likeness (QED) is 0.808. The highest BCUT2D eigenvalue weighted by Crippen LogP contribution is 2.22. The molecular formula is C15H24FN5O. The number of anilines is 2. The zero-order valence-corrected chi connectivity index (χ0v) is 13.2. The molecule has 0 aromatic carbocycles. The van der Waals surface area contributed by atoms with E-state index < -0.39 is 0 Å². The highest BCUT2D eigenvalue weighted by Gasteiger charge is 2.20. The van der Waals surface area contributed by atoms with Crippen LogP contribution in [0, 0.1) is 5.82 Å². The lowest BCUT2D eigenvalue weighted by atomic mass is 10.4. The van der Waals surface area contributed by atoms with E-state index in [-0.39, 0.29) is 5.82 Å². The van der Waals surface area contributed by atoms with Gasteiger partial charge in [0.1, 0.15) is 0 Å². The zero-order chi connectivity index (χ0) is 15.4. The summed E-state index contributed by atoms with van der Waals surface area (Å²) >= 11 is 0. The van der Waals surface area contributed by atoms with Crippen LogP contribution < -0.4 is 9.80 Å². The number of likely N-dealkylation sites (N-methyl/N-ethyl adjacent to an activating group) is 1. The first kappa shape index (κ1) is 15.4. The number of hydrogen-bond donors (Lipinski definition) is 0. The van der Waals surface area contributed by atoms with Crippen LogP contribution in [0.25, 0.3) is 0 Å². The maximum atomic E-state index is 14.0. The standard InChI is InChI=1S/C15H24FN5O/c1-19(6-7-20-8-10-22-11-9-20)15-17-12-13(16)14(18-15)21-4-2-3-5-21/h12H,2-11H2,1H3. The Hall–Kier alpha value is -1.47. The normalized spacial score (nSPS) is 19.6. The van der Waals surface area contributed by atoms with Crippen LogP contribution in [0.2, 0.25) is 0 Å². The van der Waals surface area contributed by atoms with Crippen LogP contribution in [0.1, 0.15) is 12.8 Å². The number of hydrogen-bond acceptors (Lipinski definition) is 6. The van der Waals surface area contributed by atoms with Gasteiger partial charge in [0.15, 0.2) is 11.6 Å². The van der Waals surface area contributed by atoms with Crippen LogP contribution in [0.5, 0.6) is 0 Å². The van der Waals surface area contributed by atoms with Crippen LogP contribution in [0.3, 0.4) is 0 Å². The van der Waals surface area contributed by atoms with Crippen molar-refractivity contribution in [3.8, 4) is 0 Å². The smallest absolute Gasteiger partial charge is 0.227 e. The zero-order valence-electron chi connectivity index (χ0n) is 13.2. The van der Waals surface area contributed by atoms with Crippen LogP contribution in [-0.2, 0) is 4.74 Å². The van der Waals surface area contributed by atoms with Gasteiger partial charge in [-0.15, -0.1) is 0 Å². The van der Waals surface area contributed by atoms with E-state index in [1.165, 1.54) is 6.20 Å². The van der Waals surface area contributed by atoms with E-state index in [1.54, 1.807) is 0 Å². The molecule has 3 heterocycles. The highest BCUT2D eigenvalue weighted by atomic mass is 19.1. The molecule has 22 heavy (non-hydrogen) atoms. The Bertz CT molecular complexity index is 489. The second kappa shape index (κ2) is 7.19. The van der Waals surface area contributed by atoms with Gasteiger partial charge in [0.25, 0.3) is 0 Å². The Balaban J connectivity index is 1.61. The summed E-state index contributed by atoms with van der Waals surface area (Å²) in [6.07, 6.45) is 3.50. The average Bonchev–Trinajstić information content (AvgIpc) is 3.08. The predicted molar refractivity (Wildman–Crippen MR) is 84.0 cm³/mol. The molecule has 6 nitrogen and oxygen atoms in total. The number of rotatable bonds is 5. The van der Waals surface area contributed by atoms with Crippen molar-refractivity contribution in [3.63, 3.8) is 0 Å². The fourth-order valence-corrected chi connectivity index (χ4v) is 2.90. The van der Waals surface area contributed by atoms with Crippen LogP contribution in [-0.4, -0.2) is 74.4 Å². The fraction of sp³-hybridized carbons (Fsp3) is 0.733. The van der Waals surface area contributed by atoms with Gasteiger partial charge < -0.3 is 14.5 Å². The van der Waals surface area contributed by atoms with Crippen molar-refractivity contribution >= 4 is 11.8 Å². The van der Waals surface area contributed by atoms with E-state index in [4.69, 9.17) is 4.74 Å². The molecule has 1 aromatic heterocycles. The Morgan fingerprint density at radius 2 is 1.95 bits per heavy atom. The maximum absolute atomic E-state index is 14.0. The van der Waals surface area contributed by atoms with Crippen LogP contribution in [0.4, 0.5) is 16.2 Å². The Kier molecular flexibility index (Phi) is 5.04. The molecule has 2 fully saturated rings. The maximum Gasteiger partial charge on any atom is 0.227 e. The Labute approximate surface area is 130 Å². The topological polar surface area (TPSA) is 44.7 Å². The molecule has 7 heteroatoms. The molecule has 0 atom stereocenters. The first-order valence-corrected chi connectivity index (χ1v) is 8.03. The second-order valence-electron chi connectivity index (χ2n) is 5.91. The first-order valence-electron chi connectivity index (χ1n) is 8.03. The fourth-order valence-electron chi connectivity index (χ4n) is 2.90. The largest absolute Gasteiger partial charge is 0.379 e. The lowest BCUT2D eigenvalue weighted by Crippen LogP contribution is -2.41. The van der Waals surface area contributed by atoms with Crippen molar-refractivity contribution in [2.24, 2.45) is 0 Å². The number of halogens is 1. The summed E-state index contributed by atoms with van der Waals surface area (Å²) in [4.78, 5) is 15.0. The van der Waals surface area contributed by atoms with Crippen molar-refractivity contribution in [3.05, 3.63) is 12.0 Å². The molecule has 122 valence electrons. The van der Waals surface area contributed by atoms with Gasteiger partial charge in [0.05, 0.1) is 19.4 Å². The van der Waals surface area contributed by atoms with Crippen molar-refractivity contribution in [2.45, 2.75) is 12.8 Å². The van der Waals surface area contributed by atoms with Gasteiger partial charge in [0, 0.05) is 46.3 Å². The van der Waals surface area contributed by atoms with Gasteiger partial charge in [-0.2, -0.15) is 4.98 Å². The summed E-state index contributed by atoms with van der Waals surface area (Å²) in [6.45, 7) is 7.07. The average molecular weight is 309 g/mol. The summed E-state index contributed by atoms with van der Waals surface area (Å²) in [5.74, 6) is 0.713. The molecule has 2 saturated heterocycles. The van der Waals surface area contributed by atoms with E-state index in [0.717, 1.165) is 65.3 Å². The van der Waals surface area contributed by atoms with Crippen molar-refractivity contribution in [1.29, 1.82) is 0 Å². The monoisotopic (exact) mass is 309 g/mol. The summed E-state index contributed by atoms with van der Waals surface area (Å²) in [5.41, 5.74) is 0. The molecule has 2 aliphatic rings. The molecule has 0 aliphatic carbocycles. The molecule has 1 aromatic rings. The van der Waals surface area contributed by atoms with Gasteiger partial charge in [0.2, 0.25) is 5.95 Å². The lowest BCUT2D eigenvalue weighted by Gasteiger charge is -2.28. The minimum atomic E-state index is -0.327. The Morgan fingerprint density at radius 3 is 2.68 bits per heavy atom. The number of ether oxygens (including phenoxy) is 1. The van der Waals surface area contributed by atoms with Gasteiger partial charge in [-0.3, -0.25) is 4.90 Å². The molecule has 0 N–H and O–H groups in total. The number of aromatic nitrogens is 2. The predicted octanol–water partition coefficient (Wildman–Crippen LogP) is 0.984. The van der Waals surface area contributed by atoms with Gasteiger partial charge >= 0.3 is 0 Å². The Morgan fingerprint density at radius 1 is 1.23 bits per heavy atom. The van der Waals surface area contributed by atoms with Gasteiger partial charge in [-0.05, 0) is 12.8 Å². The van der Waals surface area contributed by atoms with E-state index in [9.17, 15) is 4.39 Å². The third kappa shape index (κ3) is 3.64. The summed E-state index contributed by atoms with van der Waals surface area (Å²) in [5, 5.41) is 0. The minimum Gasteiger partial charge on any atom is -0.379 e. The molecule has 0 bridgehead atoms. The number of morpholine rings is 1. The number of nitrogens with zero attached hydrogens (tertiary/aromatic N) is 5. The first-order chi connectivity index (χ1) is 10.7. The van der Waals surface area contributed by atoms with E-state index in [2.05, 4.69) is 14.9 Å². The highest BCUT2D eigenvalue weighted by molar-refractivity contribution is 5.45. The minimum absolute atomic E-state index is 0.327. The molecule has 0 spiro atoms. The SMILES string of the molecule is CN(CCN1CCOCC1)c1ncc(F)c(N2CCCC2)n1. The van der Waals surface area contributed by atoms with E-state index in [1.807, 2.05) is 16.8 Å². The van der Waals surface area contributed by atoms with Gasteiger partial charge in [-0.1, -0.05) is 0 Å². The summed E-state index contributed by atoms with van der Waals surface area (Å²) < 4.78 is 19.3.